The van der Waals surface area contributed by atoms with Crippen LogP contribution in [0.5, 0.6) is 5.75 Å². The van der Waals surface area contributed by atoms with Gasteiger partial charge < -0.3 is 20.3 Å². The van der Waals surface area contributed by atoms with Gasteiger partial charge in [-0.3, -0.25) is 9.89 Å². The molecule has 0 unspecified atom stereocenters. The topological polar surface area (TPSA) is 94.6 Å². The highest BCUT2D eigenvalue weighted by molar-refractivity contribution is 6.11. The standard InChI is InChI=1S/C26H26N6O2/c1-32(2)21-13-9-18(10-14-21)17-27-24-23(26(33)29-19-7-5-4-6-8-19)25(31-30-24)28-20-11-15-22(34-3)16-12-20/h4-17H,1-3H3,(H,29,33)(H2,28,30,31). The number of rotatable bonds is 8. The molecule has 1 heterocycles. The van der Waals surface area contributed by atoms with Crippen LogP contribution in [0, 0.1) is 0 Å². The van der Waals surface area contributed by atoms with Gasteiger partial charge in [0.05, 0.1) is 7.11 Å². The van der Waals surface area contributed by atoms with Crippen LogP contribution in [0.15, 0.2) is 83.9 Å². The number of aromatic nitrogens is 2. The lowest BCUT2D eigenvalue weighted by Gasteiger charge is -2.11. The molecular weight excluding hydrogens is 428 g/mol. The molecule has 172 valence electrons. The van der Waals surface area contributed by atoms with Crippen molar-refractivity contribution in [3.8, 4) is 5.75 Å². The molecule has 0 aliphatic heterocycles. The second-order valence-corrected chi connectivity index (χ2v) is 7.72. The molecule has 0 radical (unpaired) electrons. The summed E-state index contributed by atoms with van der Waals surface area (Å²) in [6.07, 6.45) is 1.69. The highest BCUT2D eigenvalue weighted by atomic mass is 16.5. The second-order valence-electron chi connectivity index (χ2n) is 7.72. The zero-order valence-corrected chi connectivity index (χ0v) is 19.2. The minimum Gasteiger partial charge on any atom is -0.497 e. The number of carbonyl (C=O) groups is 1. The SMILES string of the molecule is COc1ccc(Nc2[nH]nc(N=Cc3ccc(N(C)C)cc3)c2C(=O)Nc2ccccc2)cc1. The lowest BCUT2D eigenvalue weighted by molar-refractivity contribution is 0.102. The number of para-hydroxylation sites is 1. The Balaban J connectivity index is 1.63. The Morgan fingerprint density at radius 2 is 1.68 bits per heavy atom. The fourth-order valence-corrected chi connectivity index (χ4v) is 3.26. The number of methoxy groups -OCH3 is 1. The van der Waals surface area contributed by atoms with E-state index in [1.807, 2.05) is 97.9 Å². The smallest absolute Gasteiger partial charge is 0.263 e. The predicted molar refractivity (Wildman–Crippen MR) is 137 cm³/mol. The molecule has 1 amide bonds. The number of ether oxygens (including phenoxy) is 1. The third-order valence-electron chi connectivity index (χ3n) is 5.11. The van der Waals surface area contributed by atoms with Gasteiger partial charge in [0.2, 0.25) is 0 Å². The van der Waals surface area contributed by atoms with Crippen molar-refractivity contribution in [2.45, 2.75) is 0 Å². The van der Waals surface area contributed by atoms with Crippen molar-refractivity contribution in [2.75, 3.05) is 36.7 Å². The van der Waals surface area contributed by atoms with Crippen LogP contribution in [0.1, 0.15) is 15.9 Å². The number of benzene rings is 3. The summed E-state index contributed by atoms with van der Waals surface area (Å²) in [6, 6.07) is 24.6. The van der Waals surface area contributed by atoms with Gasteiger partial charge in [-0.15, -0.1) is 0 Å². The lowest BCUT2D eigenvalue weighted by atomic mass is 10.2. The van der Waals surface area contributed by atoms with Gasteiger partial charge in [-0.25, -0.2) is 4.99 Å². The van der Waals surface area contributed by atoms with Gasteiger partial charge in [0, 0.05) is 37.4 Å². The van der Waals surface area contributed by atoms with Crippen molar-refractivity contribution in [3.05, 3.63) is 90.0 Å². The number of H-pyrrole nitrogens is 1. The molecule has 34 heavy (non-hydrogen) atoms. The predicted octanol–water partition coefficient (Wildman–Crippen LogP) is 5.23. The van der Waals surface area contributed by atoms with Gasteiger partial charge in [-0.1, -0.05) is 30.3 Å². The van der Waals surface area contributed by atoms with E-state index in [0.29, 0.717) is 17.1 Å². The number of hydrogen-bond donors (Lipinski definition) is 3. The number of hydrogen-bond acceptors (Lipinski definition) is 6. The normalized spacial score (nSPS) is 10.8. The molecular formula is C26H26N6O2. The number of anilines is 4. The Kier molecular flexibility index (Phi) is 6.88. The van der Waals surface area contributed by atoms with E-state index in [-0.39, 0.29) is 11.7 Å². The lowest BCUT2D eigenvalue weighted by Crippen LogP contribution is -2.13. The fraction of sp³-hybridized carbons (Fsp3) is 0.115. The Morgan fingerprint density at radius 3 is 2.32 bits per heavy atom. The van der Waals surface area contributed by atoms with Crippen LogP contribution in [0.25, 0.3) is 0 Å². The van der Waals surface area contributed by atoms with Gasteiger partial charge >= 0.3 is 0 Å². The number of aromatic amines is 1. The number of carbonyl (C=O) groups excluding carboxylic acids is 1. The maximum absolute atomic E-state index is 13.2. The van der Waals surface area contributed by atoms with Crippen LogP contribution >= 0.6 is 0 Å². The molecule has 0 saturated carbocycles. The van der Waals surface area contributed by atoms with Gasteiger partial charge in [-0.05, 0) is 54.1 Å². The van der Waals surface area contributed by atoms with E-state index >= 15 is 0 Å². The molecule has 4 aromatic rings. The Labute approximate surface area is 198 Å². The highest BCUT2D eigenvalue weighted by Gasteiger charge is 2.21. The number of nitrogens with zero attached hydrogens (tertiary/aromatic N) is 3. The van der Waals surface area contributed by atoms with Crippen LogP contribution in [0.3, 0.4) is 0 Å². The first-order valence-corrected chi connectivity index (χ1v) is 10.7. The molecule has 0 atom stereocenters. The monoisotopic (exact) mass is 454 g/mol. The van der Waals surface area contributed by atoms with E-state index in [0.717, 1.165) is 22.7 Å². The van der Waals surface area contributed by atoms with E-state index in [4.69, 9.17) is 4.74 Å². The van der Waals surface area contributed by atoms with Crippen molar-refractivity contribution in [3.63, 3.8) is 0 Å². The Morgan fingerprint density at radius 1 is 0.971 bits per heavy atom. The van der Waals surface area contributed by atoms with E-state index in [9.17, 15) is 4.79 Å². The highest BCUT2D eigenvalue weighted by Crippen LogP contribution is 2.28. The molecule has 3 aromatic carbocycles. The summed E-state index contributed by atoms with van der Waals surface area (Å²) in [5, 5.41) is 13.3. The average molecular weight is 455 g/mol. The summed E-state index contributed by atoms with van der Waals surface area (Å²) in [6.45, 7) is 0. The third-order valence-corrected chi connectivity index (χ3v) is 5.11. The molecule has 3 N–H and O–H groups in total. The van der Waals surface area contributed by atoms with Gasteiger partial charge in [0.15, 0.2) is 5.82 Å². The van der Waals surface area contributed by atoms with Crippen molar-refractivity contribution >= 4 is 40.8 Å². The van der Waals surface area contributed by atoms with Crippen molar-refractivity contribution in [1.29, 1.82) is 0 Å². The summed E-state index contributed by atoms with van der Waals surface area (Å²) < 4.78 is 5.21. The summed E-state index contributed by atoms with van der Waals surface area (Å²) in [7, 11) is 5.59. The number of nitrogens with one attached hydrogen (secondary N) is 3. The minimum atomic E-state index is -0.328. The Bertz CT molecular complexity index is 1260. The fourth-order valence-electron chi connectivity index (χ4n) is 3.26. The summed E-state index contributed by atoms with van der Waals surface area (Å²) in [4.78, 5) is 19.8. The summed E-state index contributed by atoms with van der Waals surface area (Å²) >= 11 is 0. The molecule has 8 heteroatoms. The molecule has 1 aromatic heterocycles. The first-order chi connectivity index (χ1) is 16.5. The van der Waals surface area contributed by atoms with Crippen molar-refractivity contribution in [1.82, 2.24) is 10.2 Å². The van der Waals surface area contributed by atoms with Crippen molar-refractivity contribution < 1.29 is 9.53 Å². The van der Waals surface area contributed by atoms with Gasteiger partial charge in [0.25, 0.3) is 5.91 Å². The number of amides is 1. The largest absolute Gasteiger partial charge is 0.497 e. The quantitative estimate of drug-likeness (QED) is 0.317. The summed E-state index contributed by atoms with van der Waals surface area (Å²) in [5.41, 5.74) is 3.74. The van der Waals surface area contributed by atoms with Crippen molar-refractivity contribution in [2.24, 2.45) is 4.99 Å². The molecule has 0 aliphatic carbocycles. The maximum atomic E-state index is 13.2. The zero-order chi connectivity index (χ0) is 23.9. The van der Waals surface area contributed by atoms with Gasteiger partial charge in [0.1, 0.15) is 17.1 Å². The van der Waals surface area contributed by atoms with Gasteiger partial charge in [-0.2, -0.15) is 5.10 Å². The molecule has 0 bridgehead atoms. The zero-order valence-electron chi connectivity index (χ0n) is 19.2. The van der Waals surface area contributed by atoms with Crippen LogP contribution < -0.4 is 20.3 Å². The first-order valence-electron chi connectivity index (χ1n) is 10.7. The van der Waals surface area contributed by atoms with E-state index in [2.05, 4.69) is 25.8 Å². The van der Waals surface area contributed by atoms with Crippen LogP contribution in [-0.4, -0.2) is 43.5 Å². The third kappa shape index (κ3) is 5.42. The summed E-state index contributed by atoms with van der Waals surface area (Å²) in [5.74, 6) is 1.13. The van der Waals surface area contributed by atoms with E-state index in [1.165, 1.54) is 0 Å². The Hall–Kier alpha value is -4.59. The average Bonchev–Trinajstić information content (AvgIpc) is 3.26. The second kappa shape index (κ2) is 10.4. The van der Waals surface area contributed by atoms with Crippen LogP contribution in [-0.2, 0) is 0 Å². The van der Waals surface area contributed by atoms with E-state index in [1.54, 1.807) is 13.3 Å². The first kappa shape index (κ1) is 22.6. The molecule has 8 nitrogen and oxygen atoms in total. The number of aliphatic imine (C=N–C) groups is 1. The molecule has 0 saturated heterocycles. The van der Waals surface area contributed by atoms with Crippen LogP contribution in [0.4, 0.5) is 28.7 Å². The van der Waals surface area contributed by atoms with Crippen LogP contribution in [0.2, 0.25) is 0 Å². The molecule has 0 aliphatic rings. The van der Waals surface area contributed by atoms with E-state index < -0.39 is 0 Å². The maximum Gasteiger partial charge on any atom is 0.263 e. The molecule has 0 fully saturated rings. The minimum absolute atomic E-state index is 0.279. The molecule has 0 spiro atoms. The molecule has 4 rings (SSSR count).